The van der Waals surface area contributed by atoms with E-state index in [1.165, 1.54) is 6.07 Å². The molecule has 0 amide bonds. The predicted octanol–water partition coefficient (Wildman–Crippen LogP) is 3.12. The Balaban J connectivity index is 2.13. The Hall–Kier alpha value is -1.88. The second kappa shape index (κ2) is 5.64. The van der Waals surface area contributed by atoms with Crippen LogP contribution in [0.25, 0.3) is 0 Å². The van der Waals surface area contributed by atoms with Gasteiger partial charge < -0.3 is 9.84 Å². The molecule has 1 N–H and O–H groups in total. The zero-order valence-electron chi connectivity index (χ0n) is 9.34. The summed E-state index contributed by atoms with van der Waals surface area (Å²) in [6.45, 7) is 0.124. The van der Waals surface area contributed by atoms with E-state index in [0.29, 0.717) is 11.4 Å². The average Bonchev–Trinajstić information content (AvgIpc) is 2.37. The minimum atomic E-state index is -1.00. The molecule has 92 valence electrons. The molecule has 2 aromatic rings. The highest BCUT2D eigenvalue weighted by atomic mass is 79.9. The molecule has 0 fully saturated rings. The van der Waals surface area contributed by atoms with E-state index in [-0.39, 0.29) is 12.2 Å². The fourth-order valence-corrected chi connectivity index (χ4v) is 1.83. The van der Waals surface area contributed by atoms with Gasteiger partial charge in [-0.05, 0) is 30.3 Å². The summed E-state index contributed by atoms with van der Waals surface area (Å²) in [5.74, 6) is -0.345. The number of nitrogens with zero attached hydrogens (tertiary/aromatic N) is 1. The summed E-state index contributed by atoms with van der Waals surface area (Å²) >= 11 is 3.34. The van der Waals surface area contributed by atoms with Crippen molar-refractivity contribution in [3.05, 3.63) is 58.3 Å². The Bertz CT molecular complexity index is 572. The number of hydrogen-bond donors (Lipinski definition) is 1. The molecule has 1 aromatic heterocycles. The maximum atomic E-state index is 11.0. The third-order valence-corrected chi connectivity index (χ3v) is 2.79. The van der Waals surface area contributed by atoms with Gasteiger partial charge in [0, 0.05) is 10.7 Å². The number of hydrogen-bond acceptors (Lipinski definition) is 3. The van der Waals surface area contributed by atoms with Crippen LogP contribution in [-0.2, 0) is 6.61 Å². The Labute approximate surface area is 112 Å². The number of rotatable bonds is 4. The lowest BCUT2D eigenvalue weighted by Crippen LogP contribution is -2.07. The Morgan fingerprint density at radius 1 is 1.33 bits per heavy atom. The fourth-order valence-electron chi connectivity index (χ4n) is 1.46. The summed E-state index contributed by atoms with van der Waals surface area (Å²) in [5.41, 5.74) is 0.567. The van der Waals surface area contributed by atoms with E-state index < -0.39 is 5.97 Å². The molecule has 0 radical (unpaired) electrons. The van der Waals surface area contributed by atoms with Crippen LogP contribution in [0.5, 0.6) is 5.75 Å². The lowest BCUT2D eigenvalue weighted by Gasteiger charge is -2.07. The lowest BCUT2D eigenvalue weighted by atomic mass is 10.2. The Kier molecular flexibility index (Phi) is 3.94. The number of carboxylic acids is 1. The minimum Gasteiger partial charge on any atom is -0.487 e. The monoisotopic (exact) mass is 307 g/mol. The molecule has 0 aliphatic rings. The van der Waals surface area contributed by atoms with E-state index in [2.05, 4.69) is 20.9 Å². The normalized spacial score (nSPS) is 10.1. The van der Waals surface area contributed by atoms with Crippen LogP contribution in [0.3, 0.4) is 0 Å². The first kappa shape index (κ1) is 12.6. The minimum absolute atomic E-state index is 0.124. The van der Waals surface area contributed by atoms with Crippen LogP contribution in [0.15, 0.2) is 47.1 Å². The average molecular weight is 308 g/mol. The van der Waals surface area contributed by atoms with Crippen LogP contribution in [0, 0.1) is 0 Å². The summed E-state index contributed by atoms with van der Waals surface area (Å²) in [6.07, 6.45) is 1.55. The molecule has 0 aliphatic carbocycles. The molecule has 2 rings (SSSR count). The number of carbonyl (C=O) groups is 1. The van der Waals surface area contributed by atoms with Crippen molar-refractivity contribution in [3.63, 3.8) is 0 Å². The van der Waals surface area contributed by atoms with Crippen LogP contribution >= 0.6 is 15.9 Å². The molecular weight excluding hydrogens is 298 g/mol. The highest BCUT2D eigenvalue weighted by Crippen LogP contribution is 2.19. The number of aromatic nitrogens is 1. The smallest absolute Gasteiger partial charge is 0.337 e. The first-order chi connectivity index (χ1) is 8.66. The highest BCUT2D eigenvalue weighted by molar-refractivity contribution is 9.10. The standard InChI is InChI=1S/C13H10BrNO3/c14-9-3-1-4-10(7-9)18-8-12-11(13(16)17)5-2-6-15-12/h1-7H,8H2,(H,16,17). The highest BCUT2D eigenvalue weighted by Gasteiger charge is 2.10. The van der Waals surface area contributed by atoms with E-state index in [4.69, 9.17) is 9.84 Å². The van der Waals surface area contributed by atoms with Gasteiger partial charge in [-0.15, -0.1) is 0 Å². The maximum absolute atomic E-state index is 11.0. The molecule has 0 saturated carbocycles. The molecule has 0 aliphatic heterocycles. The zero-order valence-corrected chi connectivity index (χ0v) is 10.9. The van der Waals surface area contributed by atoms with Gasteiger partial charge in [0.2, 0.25) is 0 Å². The van der Waals surface area contributed by atoms with Gasteiger partial charge in [-0.1, -0.05) is 22.0 Å². The van der Waals surface area contributed by atoms with Crippen LogP contribution in [0.2, 0.25) is 0 Å². The van der Waals surface area contributed by atoms with Crippen molar-refractivity contribution in [2.24, 2.45) is 0 Å². The van der Waals surface area contributed by atoms with Crippen molar-refractivity contribution in [3.8, 4) is 5.75 Å². The molecule has 18 heavy (non-hydrogen) atoms. The molecule has 0 atom stereocenters. The number of benzene rings is 1. The first-order valence-electron chi connectivity index (χ1n) is 5.22. The van der Waals surface area contributed by atoms with Crippen molar-refractivity contribution >= 4 is 21.9 Å². The maximum Gasteiger partial charge on any atom is 0.337 e. The lowest BCUT2D eigenvalue weighted by molar-refractivity contribution is 0.0693. The van der Waals surface area contributed by atoms with Gasteiger partial charge in [0.25, 0.3) is 0 Å². The SMILES string of the molecule is O=C(O)c1cccnc1COc1cccc(Br)c1. The van der Waals surface area contributed by atoms with Gasteiger partial charge in [0.05, 0.1) is 11.3 Å². The van der Waals surface area contributed by atoms with Crippen LogP contribution in [0.1, 0.15) is 16.1 Å². The van der Waals surface area contributed by atoms with E-state index in [0.717, 1.165) is 4.47 Å². The second-order valence-corrected chi connectivity index (χ2v) is 4.46. The molecule has 0 spiro atoms. The molecule has 0 saturated heterocycles. The quantitative estimate of drug-likeness (QED) is 0.943. The van der Waals surface area contributed by atoms with E-state index in [1.54, 1.807) is 18.3 Å². The first-order valence-corrected chi connectivity index (χ1v) is 6.01. The third-order valence-electron chi connectivity index (χ3n) is 2.29. The number of carboxylic acid groups (broad SMARTS) is 1. The molecule has 1 aromatic carbocycles. The van der Waals surface area contributed by atoms with E-state index >= 15 is 0 Å². The summed E-state index contributed by atoms with van der Waals surface area (Å²) in [5, 5.41) is 9.00. The van der Waals surface area contributed by atoms with Crippen molar-refractivity contribution in [1.29, 1.82) is 0 Å². The Morgan fingerprint density at radius 3 is 2.89 bits per heavy atom. The van der Waals surface area contributed by atoms with Gasteiger partial charge in [-0.3, -0.25) is 4.98 Å². The third kappa shape index (κ3) is 3.07. The fraction of sp³-hybridized carbons (Fsp3) is 0.0769. The van der Waals surface area contributed by atoms with Crippen molar-refractivity contribution in [2.45, 2.75) is 6.61 Å². The number of ether oxygens (including phenoxy) is 1. The molecule has 1 heterocycles. The van der Waals surface area contributed by atoms with Gasteiger partial charge in [0.15, 0.2) is 0 Å². The predicted molar refractivity (Wildman–Crippen MR) is 69.7 cm³/mol. The molecular formula is C13H10BrNO3. The number of halogens is 1. The topological polar surface area (TPSA) is 59.4 Å². The summed E-state index contributed by atoms with van der Waals surface area (Å²) in [7, 11) is 0. The summed E-state index contributed by atoms with van der Waals surface area (Å²) in [4.78, 5) is 15.0. The van der Waals surface area contributed by atoms with E-state index in [1.807, 2.05) is 18.2 Å². The van der Waals surface area contributed by atoms with Crippen LogP contribution in [-0.4, -0.2) is 16.1 Å². The number of aromatic carboxylic acids is 1. The van der Waals surface area contributed by atoms with Crippen LogP contribution in [0.4, 0.5) is 0 Å². The van der Waals surface area contributed by atoms with Crippen molar-refractivity contribution in [1.82, 2.24) is 4.98 Å². The Morgan fingerprint density at radius 2 is 2.17 bits per heavy atom. The molecule has 5 heteroatoms. The molecule has 0 unspecified atom stereocenters. The van der Waals surface area contributed by atoms with Crippen molar-refractivity contribution < 1.29 is 14.6 Å². The summed E-state index contributed by atoms with van der Waals surface area (Å²) in [6, 6.07) is 10.4. The van der Waals surface area contributed by atoms with Gasteiger partial charge in [-0.2, -0.15) is 0 Å². The van der Waals surface area contributed by atoms with Gasteiger partial charge in [0.1, 0.15) is 12.4 Å². The van der Waals surface area contributed by atoms with Gasteiger partial charge >= 0.3 is 5.97 Å². The van der Waals surface area contributed by atoms with Crippen LogP contribution < -0.4 is 4.74 Å². The molecule has 4 nitrogen and oxygen atoms in total. The largest absolute Gasteiger partial charge is 0.487 e. The second-order valence-electron chi connectivity index (χ2n) is 3.55. The summed E-state index contributed by atoms with van der Waals surface area (Å²) < 4.78 is 6.41. The van der Waals surface area contributed by atoms with Gasteiger partial charge in [-0.25, -0.2) is 4.79 Å². The zero-order chi connectivity index (χ0) is 13.0. The number of pyridine rings is 1. The van der Waals surface area contributed by atoms with Crippen molar-refractivity contribution in [2.75, 3.05) is 0 Å². The van der Waals surface area contributed by atoms with E-state index in [9.17, 15) is 4.79 Å². The molecule has 0 bridgehead atoms.